The maximum atomic E-state index is 13.0. The molecule has 13 nitrogen and oxygen atoms in total. The Morgan fingerprint density at radius 2 is 1.38 bits per heavy atom. The van der Waals surface area contributed by atoms with Crippen molar-refractivity contribution in [1.29, 1.82) is 0 Å². The summed E-state index contributed by atoms with van der Waals surface area (Å²) in [7, 11) is 0. The fourth-order valence-electron chi connectivity index (χ4n) is 4.52. The Kier molecular flexibility index (Phi) is 5.98. The summed E-state index contributed by atoms with van der Waals surface area (Å²) >= 11 is 0. The van der Waals surface area contributed by atoms with E-state index in [9.17, 15) is 55.5 Å². The van der Waals surface area contributed by atoms with Crippen LogP contribution in [0.2, 0.25) is 0 Å². The number of carbonyl (C=O) groups is 1. The van der Waals surface area contributed by atoms with Crippen molar-refractivity contribution < 1.29 is 60.2 Å². The number of carbonyl (C=O) groups excluding carboxylic acids is 1. The van der Waals surface area contributed by atoms with Crippen LogP contribution in [0, 0.1) is 0 Å². The van der Waals surface area contributed by atoms with Crippen molar-refractivity contribution in [3.05, 3.63) is 69.4 Å². The van der Waals surface area contributed by atoms with Gasteiger partial charge in [-0.1, -0.05) is 0 Å². The molecule has 0 bridgehead atoms. The number of esters is 1. The van der Waals surface area contributed by atoms with E-state index in [-0.39, 0.29) is 40.0 Å². The third kappa shape index (κ3) is 4.24. The predicted octanol–water partition coefficient (Wildman–Crippen LogP) is 2.45. The standard InChI is InChI=1S/C27H20O13/c28-12-6-14(29)13-8-20(40-27(38)11-4-15(30)22(34)16(31)5-11)26(39-19(13)7-12)10-1-9-2-18(33)24(36)25(37)21(9)23(35)17(32)3-10/h1-7,20,26,28-31,33-34,36-37H,8H2,(H,32,35)/t20-,26+/m0/s1. The average molecular weight is 552 g/mol. The topological polar surface area (TPSA) is 235 Å². The Labute approximate surface area is 222 Å². The molecule has 1 aliphatic rings. The normalized spacial score (nSPS) is 16.2. The fourth-order valence-corrected chi connectivity index (χ4v) is 4.52. The summed E-state index contributed by atoms with van der Waals surface area (Å²) in [5.41, 5.74) is -1.38. The van der Waals surface area contributed by atoms with E-state index in [2.05, 4.69) is 0 Å². The van der Waals surface area contributed by atoms with Crippen LogP contribution in [-0.4, -0.2) is 58.0 Å². The summed E-state index contributed by atoms with van der Waals surface area (Å²) in [6.07, 6.45) is -2.90. The van der Waals surface area contributed by atoms with Gasteiger partial charge in [-0.15, -0.1) is 0 Å². The van der Waals surface area contributed by atoms with Crippen LogP contribution in [0.25, 0.3) is 10.8 Å². The van der Waals surface area contributed by atoms with Gasteiger partial charge < -0.3 is 55.4 Å². The van der Waals surface area contributed by atoms with Crippen LogP contribution in [0.5, 0.6) is 57.5 Å². The second-order valence-corrected chi connectivity index (χ2v) is 9.05. The van der Waals surface area contributed by atoms with Crippen LogP contribution in [0.1, 0.15) is 27.6 Å². The molecule has 1 aliphatic heterocycles. The first-order chi connectivity index (χ1) is 18.8. The van der Waals surface area contributed by atoms with Gasteiger partial charge in [-0.05, 0) is 35.7 Å². The molecule has 0 spiro atoms. The van der Waals surface area contributed by atoms with Gasteiger partial charge in [0, 0.05) is 29.7 Å². The fraction of sp³-hybridized carbons (Fsp3) is 0.111. The van der Waals surface area contributed by atoms with Gasteiger partial charge in [0.15, 0.2) is 40.6 Å². The van der Waals surface area contributed by atoms with E-state index in [1.54, 1.807) is 0 Å². The Morgan fingerprint density at radius 3 is 2.05 bits per heavy atom. The monoisotopic (exact) mass is 552 g/mol. The molecule has 4 aromatic carbocycles. The smallest absolute Gasteiger partial charge is 0.338 e. The van der Waals surface area contributed by atoms with E-state index in [0.29, 0.717) is 0 Å². The summed E-state index contributed by atoms with van der Waals surface area (Å²) in [4.78, 5) is 25.8. The lowest BCUT2D eigenvalue weighted by Gasteiger charge is -2.33. The highest BCUT2D eigenvalue weighted by molar-refractivity contribution is 5.93. The van der Waals surface area contributed by atoms with Crippen molar-refractivity contribution >= 4 is 16.7 Å². The van der Waals surface area contributed by atoms with Gasteiger partial charge in [0.2, 0.25) is 11.2 Å². The number of hydrogen-bond acceptors (Lipinski definition) is 13. The lowest BCUT2D eigenvalue weighted by atomic mass is 9.94. The van der Waals surface area contributed by atoms with Gasteiger partial charge >= 0.3 is 5.97 Å². The van der Waals surface area contributed by atoms with Crippen LogP contribution in [0.3, 0.4) is 0 Å². The molecule has 0 saturated carbocycles. The summed E-state index contributed by atoms with van der Waals surface area (Å²) < 4.78 is 11.5. The number of phenolic OH excluding ortho intramolecular Hbond substituents is 8. The molecule has 0 fully saturated rings. The van der Waals surface area contributed by atoms with Crippen LogP contribution in [0.15, 0.2) is 47.3 Å². The van der Waals surface area contributed by atoms with E-state index in [4.69, 9.17) is 9.47 Å². The third-order valence-corrected chi connectivity index (χ3v) is 6.43. The second-order valence-electron chi connectivity index (χ2n) is 9.05. The summed E-state index contributed by atoms with van der Waals surface area (Å²) in [5, 5.41) is 89.5. The molecule has 2 atom stereocenters. The minimum Gasteiger partial charge on any atom is -0.508 e. The Hall–Kier alpha value is -5.72. The van der Waals surface area contributed by atoms with Crippen molar-refractivity contribution in [3.8, 4) is 57.5 Å². The molecular weight excluding hydrogens is 532 g/mol. The average Bonchev–Trinajstić information content (AvgIpc) is 3.01. The van der Waals surface area contributed by atoms with E-state index < -0.39 is 75.0 Å². The highest BCUT2D eigenvalue weighted by Crippen LogP contribution is 2.45. The number of aromatic hydroxyl groups is 9. The first kappa shape index (κ1) is 25.9. The summed E-state index contributed by atoms with van der Waals surface area (Å²) in [5.74, 6) is -8.03. The summed E-state index contributed by atoms with van der Waals surface area (Å²) in [6, 6.07) is 6.99. The molecule has 0 aliphatic carbocycles. The van der Waals surface area contributed by atoms with E-state index >= 15 is 0 Å². The zero-order chi connectivity index (χ0) is 29.0. The maximum absolute atomic E-state index is 13.0. The minimum atomic E-state index is -1.35. The zero-order valence-corrected chi connectivity index (χ0v) is 20.1. The zero-order valence-electron chi connectivity index (χ0n) is 20.1. The number of fused-ring (bicyclic) bond motifs is 2. The molecule has 5 rings (SSSR count). The second kappa shape index (κ2) is 9.23. The van der Waals surface area contributed by atoms with E-state index in [1.165, 1.54) is 12.1 Å². The van der Waals surface area contributed by atoms with E-state index in [0.717, 1.165) is 30.3 Å². The molecule has 40 heavy (non-hydrogen) atoms. The van der Waals surface area contributed by atoms with Gasteiger partial charge in [0.25, 0.3) is 0 Å². The molecule has 13 heteroatoms. The number of rotatable bonds is 3. The summed E-state index contributed by atoms with van der Waals surface area (Å²) in [6.45, 7) is 0. The molecule has 0 aromatic heterocycles. The molecule has 0 unspecified atom stereocenters. The largest absolute Gasteiger partial charge is 0.508 e. The molecule has 1 heterocycles. The van der Waals surface area contributed by atoms with Gasteiger partial charge in [-0.2, -0.15) is 0 Å². The maximum Gasteiger partial charge on any atom is 0.338 e. The number of ether oxygens (including phenoxy) is 2. The highest BCUT2D eigenvalue weighted by atomic mass is 16.6. The first-order valence-corrected chi connectivity index (χ1v) is 11.5. The third-order valence-electron chi connectivity index (χ3n) is 6.43. The van der Waals surface area contributed by atoms with Gasteiger partial charge in [-0.25, -0.2) is 4.79 Å². The SMILES string of the molecule is O=C(O[C@H]1Cc2c(O)cc(O)cc2O[C@@H]1c1cc(O)c(=O)c2c(O)c(O)c(O)cc2c1)c1cc(O)c(O)c(O)c1. The molecule has 206 valence electrons. The van der Waals surface area contributed by atoms with E-state index in [1.807, 2.05) is 0 Å². The number of phenols is 8. The highest BCUT2D eigenvalue weighted by Gasteiger charge is 2.37. The molecule has 4 aromatic rings. The van der Waals surface area contributed by atoms with Gasteiger partial charge in [0.05, 0.1) is 10.9 Å². The van der Waals surface area contributed by atoms with Gasteiger partial charge in [0.1, 0.15) is 23.4 Å². The van der Waals surface area contributed by atoms with Crippen molar-refractivity contribution in [2.45, 2.75) is 18.6 Å². The number of hydrogen-bond donors (Lipinski definition) is 9. The Morgan fingerprint density at radius 1 is 0.725 bits per heavy atom. The van der Waals surface area contributed by atoms with Crippen molar-refractivity contribution in [2.24, 2.45) is 0 Å². The van der Waals surface area contributed by atoms with Gasteiger partial charge in [-0.3, -0.25) is 4.79 Å². The van der Waals surface area contributed by atoms with Crippen LogP contribution in [-0.2, 0) is 11.2 Å². The molecule has 0 radical (unpaired) electrons. The van der Waals surface area contributed by atoms with Crippen molar-refractivity contribution in [1.82, 2.24) is 0 Å². The van der Waals surface area contributed by atoms with Crippen molar-refractivity contribution in [3.63, 3.8) is 0 Å². The predicted molar refractivity (Wildman–Crippen MR) is 134 cm³/mol. The van der Waals surface area contributed by atoms with Crippen LogP contribution < -0.4 is 10.2 Å². The minimum absolute atomic E-state index is 0.0308. The number of benzene rings is 3. The lowest BCUT2D eigenvalue weighted by molar-refractivity contribution is -0.0188. The first-order valence-electron chi connectivity index (χ1n) is 11.5. The van der Waals surface area contributed by atoms with Crippen LogP contribution in [0.4, 0.5) is 0 Å². The molecule has 9 N–H and O–H groups in total. The van der Waals surface area contributed by atoms with Crippen LogP contribution >= 0.6 is 0 Å². The Balaban J connectivity index is 1.67. The van der Waals surface area contributed by atoms with Crippen molar-refractivity contribution in [2.75, 3.05) is 0 Å². The Bertz CT molecular complexity index is 1760. The molecular formula is C27H20O13. The lowest BCUT2D eigenvalue weighted by Crippen LogP contribution is -2.34. The molecule has 0 saturated heterocycles. The quantitative estimate of drug-likeness (QED) is 0.131. The molecule has 0 amide bonds.